The molecule has 10 heteroatoms. The van der Waals surface area contributed by atoms with E-state index in [0.29, 0.717) is 0 Å². The zero-order valence-electron chi connectivity index (χ0n) is 17.6. The number of aromatic amines is 1. The summed E-state index contributed by atoms with van der Waals surface area (Å²) in [6.45, 7) is 0. The summed E-state index contributed by atoms with van der Waals surface area (Å²) >= 11 is 5.75. The maximum absolute atomic E-state index is 14.5. The Labute approximate surface area is 188 Å². The number of rotatable bonds is 5. The number of anilines is 2. The first kappa shape index (κ1) is 22.4. The van der Waals surface area contributed by atoms with Gasteiger partial charge in [-0.25, -0.2) is 18.2 Å². The third-order valence-corrected chi connectivity index (χ3v) is 6.09. The van der Waals surface area contributed by atoms with E-state index in [9.17, 15) is 18.0 Å². The van der Waals surface area contributed by atoms with Gasteiger partial charge in [0.1, 0.15) is 11.3 Å². The largest absolute Gasteiger partial charge is 0.351 e. The average molecular weight is 466 g/mol. The van der Waals surface area contributed by atoms with Gasteiger partial charge in [-0.15, -0.1) is 0 Å². The Kier molecular flexibility index (Phi) is 6.30. The van der Waals surface area contributed by atoms with Gasteiger partial charge in [-0.3, -0.25) is 4.79 Å². The van der Waals surface area contributed by atoms with Gasteiger partial charge in [-0.05, 0) is 51.2 Å². The fourth-order valence-corrected chi connectivity index (χ4v) is 4.38. The number of aromatic nitrogens is 2. The van der Waals surface area contributed by atoms with E-state index in [2.05, 4.69) is 25.5 Å². The fourth-order valence-electron chi connectivity index (χ4n) is 4.20. The molecule has 0 aliphatic heterocycles. The van der Waals surface area contributed by atoms with E-state index in [1.165, 1.54) is 12.1 Å². The molecule has 0 saturated heterocycles. The molecule has 1 unspecified atom stereocenters. The Bertz CT molecular complexity index is 1170. The summed E-state index contributed by atoms with van der Waals surface area (Å²) in [6.07, 6.45) is 4.11. The molecule has 1 aromatic heterocycles. The van der Waals surface area contributed by atoms with Crippen LogP contribution in [-0.4, -0.2) is 47.0 Å². The van der Waals surface area contributed by atoms with Gasteiger partial charge in [0.05, 0.1) is 16.1 Å². The van der Waals surface area contributed by atoms with Gasteiger partial charge in [0, 0.05) is 17.8 Å². The zero-order chi connectivity index (χ0) is 23.0. The average Bonchev–Trinajstić information content (AvgIpc) is 3.17. The predicted octanol–water partition coefficient (Wildman–Crippen LogP) is 5.17. The first-order valence-corrected chi connectivity index (χ1v) is 10.7. The third-order valence-electron chi connectivity index (χ3n) is 5.80. The highest BCUT2D eigenvalue weighted by atomic mass is 35.5. The number of nitrogens with zero attached hydrogens (tertiary/aromatic N) is 2. The highest BCUT2D eigenvalue weighted by Crippen LogP contribution is 2.29. The van der Waals surface area contributed by atoms with Crippen LogP contribution in [0.5, 0.6) is 0 Å². The second kappa shape index (κ2) is 8.99. The molecule has 1 aliphatic rings. The van der Waals surface area contributed by atoms with Gasteiger partial charge < -0.3 is 20.5 Å². The molecule has 2 atom stereocenters. The van der Waals surface area contributed by atoms with E-state index in [4.69, 9.17) is 11.6 Å². The monoisotopic (exact) mass is 465 g/mol. The van der Waals surface area contributed by atoms with Crippen LogP contribution in [0.15, 0.2) is 24.3 Å². The van der Waals surface area contributed by atoms with Crippen molar-refractivity contribution in [2.75, 3.05) is 24.7 Å². The molecule has 1 fully saturated rings. The number of likely N-dealkylation sites (N-methyl/N-ethyl adjacent to an activating group) is 1. The lowest BCUT2D eigenvalue weighted by atomic mass is 9.90. The second-order valence-electron chi connectivity index (χ2n) is 8.18. The standard InChI is InChI=1S/C22H23ClF3N5O/c1-31(2)17-6-4-3-5-16(17)28-22-29-19-12(10-15(25)18(26)20(19)30-22)21(32)27-11-7-8-14(24)13(23)9-11/h7-10,16-17H,3-6H2,1-2H3,(H,27,32)(H2,28,29,30)/t16-,17?/m0/s1. The quantitative estimate of drug-likeness (QED) is 0.486. The molecule has 170 valence electrons. The molecule has 32 heavy (non-hydrogen) atoms. The van der Waals surface area contributed by atoms with E-state index in [1.807, 2.05) is 14.1 Å². The number of H-pyrrole nitrogens is 1. The van der Waals surface area contributed by atoms with E-state index in [-0.39, 0.29) is 45.3 Å². The van der Waals surface area contributed by atoms with Crippen LogP contribution in [0.2, 0.25) is 5.02 Å². The summed E-state index contributed by atoms with van der Waals surface area (Å²) in [5.41, 5.74) is -0.123. The van der Waals surface area contributed by atoms with Gasteiger partial charge >= 0.3 is 0 Å². The minimum absolute atomic E-state index is 0.0642. The smallest absolute Gasteiger partial charge is 0.257 e. The predicted molar refractivity (Wildman–Crippen MR) is 119 cm³/mol. The lowest BCUT2D eigenvalue weighted by Crippen LogP contribution is -2.45. The van der Waals surface area contributed by atoms with Crippen LogP contribution < -0.4 is 10.6 Å². The van der Waals surface area contributed by atoms with E-state index < -0.39 is 23.4 Å². The summed E-state index contributed by atoms with van der Waals surface area (Å²) < 4.78 is 42.1. The van der Waals surface area contributed by atoms with Gasteiger partial charge in [0.2, 0.25) is 5.95 Å². The van der Waals surface area contributed by atoms with Gasteiger partial charge in [0.25, 0.3) is 5.91 Å². The van der Waals surface area contributed by atoms with Crippen LogP contribution in [0, 0.1) is 17.5 Å². The number of imidazole rings is 1. The minimum Gasteiger partial charge on any atom is -0.351 e. The summed E-state index contributed by atoms with van der Waals surface area (Å²) in [5.74, 6) is -3.42. The number of fused-ring (bicyclic) bond motifs is 1. The lowest BCUT2D eigenvalue weighted by molar-refractivity contribution is 0.102. The molecule has 0 radical (unpaired) electrons. The molecule has 0 bridgehead atoms. The van der Waals surface area contributed by atoms with Gasteiger partial charge in [0.15, 0.2) is 11.6 Å². The van der Waals surface area contributed by atoms with Crippen molar-refractivity contribution >= 4 is 40.2 Å². The van der Waals surface area contributed by atoms with Crippen molar-refractivity contribution in [1.29, 1.82) is 0 Å². The number of hydrogen-bond donors (Lipinski definition) is 3. The van der Waals surface area contributed by atoms with Crippen molar-refractivity contribution in [2.45, 2.75) is 37.8 Å². The first-order chi connectivity index (χ1) is 15.2. The number of carbonyl (C=O) groups excluding carboxylic acids is 1. The Morgan fingerprint density at radius 3 is 2.62 bits per heavy atom. The zero-order valence-corrected chi connectivity index (χ0v) is 18.4. The Hall–Kier alpha value is -2.78. The summed E-state index contributed by atoms with van der Waals surface area (Å²) in [5, 5.41) is 5.64. The number of halogens is 4. The molecule has 4 rings (SSSR count). The van der Waals surface area contributed by atoms with Crippen molar-refractivity contribution in [1.82, 2.24) is 14.9 Å². The highest BCUT2D eigenvalue weighted by molar-refractivity contribution is 6.31. The first-order valence-electron chi connectivity index (χ1n) is 10.3. The summed E-state index contributed by atoms with van der Waals surface area (Å²) in [6, 6.07) is 4.80. The van der Waals surface area contributed by atoms with Crippen molar-refractivity contribution in [2.24, 2.45) is 0 Å². The normalized spacial score (nSPS) is 18.8. The molecular formula is C22H23ClF3N5O. The molecule has 0 spiro atoms. The minimum atomic E-state index is -1.19. The number of carbonyl (C=O) groups is 1. The SMILES string of the molecule is CN(C)C1CCCC[C@@H]1Nc1nc2c(F)c(F)cc(C(=O)Nc3ccc(F)c(Cl)c3)c2[nH]1. The number of nitrogens with one attached hydrogen (secondary N) is 3. The molecule has 1 heterocycles. The van der Waals surface area contributed by atoms with Crippen LogP contribution in [-0.2, 0) is 0 Å². The Balaban J connectivity index is 1.66. The topological polar surface area (TPSA) is 73.1 Å². The summed E-state index contributed by atoms with van der Waals surface area (Å²) in [4.78, 5) is 22.1. The number of hydrogen-bond acceptors (Lipinski definition) is 4. The molecule has 3 N–H and O–H groups in total. The Morgan fingerprint density at radius 1 is 1.16 bits per heavy atom. The van der Waals surface area contributed by atoms with Crippen molar-refractivity contribution in [3.8, 4) is 0 Å². The third kappa shape index (κ3) is 4.40. The molecule has 1 aliphatic carbocycles. The molecule has 1 amide bonds. The van der Waals surface area contributed by atoms with Crippen LogP contribution >= 0.6 is 11.6 Å². The fraction of sp³-hybridized carbons (Fsp3) is 0.364. The maximum Gasteiger partial charge on any atom is 0.257 e. The molecular weight excluding hydrogens is 443 g/mol. The Morgan fingerprint density at radius 2 is 1.91 bits per heavy atom. The van der Waals surface area contributed by atoms with E-state index >= 15 is 0 Å². The summed E-state index contributed by atoms with van der Waals surface area (Å²) in [7, 11) is 4.00. The molecule has 3 aromatic rings. The van der Waals surface area contributed by atoms with Crippen molar-refractivity contribution in [3.05, 3.63) is 52.3 Å². The number of amides is 1. The van der Waals surface area contributed by atoms with Crippen molar-refractivity contribution < 1.29 is 18.0 Å². The van der Waals surface area contributed by atoms with Crippen LogP contribution in [0.4, 0.5) is 24.8 Å². The van der Waals surface area contributed by atoms with Crippen LogP contribution in [0.1, 0.15) is 36.0 Å². The van der Waals surface area contributed by atoms with Crippen molar-refractivity contribution in [3.63, 3.8) is 0 Å². The lowest BCUT2D eigenvalue weighted by Gasteiger charge is -2.36. The molecule has 1 saturated carbocycles. The van der Waals surface area contributed by atoms with E-state index in [0.717, 1.165) is 37.8 Å². The highest BCUT2D eigenvalue weighted by Gasteiger charge is 2.28. The number of benzene rings is 2. The van der Waals surface area contributed by atoms with E-state index in [1.54, 1.807) is 0 Å². The molecule has 6 nitrogen and oxygen atoms in total. The van der Waals surface area contributed by atoms with Crippen LogP contribution in [0.3, 0.4) is 0 Å². The van der Waals surface area contributed by atoms with Crippen LogP contribution in [0.25, 0.3) is 11.0 Å². The maximum atomic E-state index is 14.5. The second-order valence-corrected chi connectivity index (χ2v) is 8.59. The van der Waals surface area contributed by atoms with Gasteiger partial charge in [-0.2, -0.15) is 0 Å². The van der Waals surface area contributed by atoms with Gasteiger partial charge in [-0.1, -0.05) is 24.4 Å². The molecule has 2 aromatic carbocycles.